The van der Waals surface area contributed by atoms with Gasteiger partial charge in [-0.25, -0.2) is 0 Å². The summed E-state index contributed by atoms with van der Waals surface area (Å²) >= 11 is 0. The number of carbonyl (C=O) groups is 2. The SMILES string of the molecule is CC(C)C(N)C(=O)NCC(=O)O.Cl. The van der Waals surface area contributed by atoms with E-state index >= 15 is 0 Å². The molecule has 1 atom stereocenters. The molecule has 5 nitrogen and oxygen atoms in total. The third-order valence-electron chi connectivity index (χ3n) is 1.43. The molecule has 0 aliphatic carbocycles. The van der Waals surface area contributed by atoms with E-state index in [4.69, 9.17) is 10.8 Å². The van der Waals surface area contributed by atoms with Gasteiger partial charge in [-0.1, -0.05) is 13.8 Å². The zero-order valence-electron chi connectivity index (χ0n) is 7.61. The molecule has 0 aromatic heterocycles. The van der Waals surface area contributed by atoms with Crippen LogP contribution < -0.4 is 11.1 Å². The zero-order valence-corrected chi connectivity index (χ0v) is 8.43. The number of carboxylic acids is 1. The average Bonchev–Trinajstić information content (AvgIpc) is 1.98. The fourth-order valence-corrected chi connectivity index (χ4v) is 0.583. The van der Waals surface area contributed by atoms with Crippen molar-refractivity contribution in [2.45, 2.75) is 19.9 Å². The van der Waals surface area contributed by atoms with Crippen LogP contribution in [-0.2, 0) is 9.59 Å². The summed E-state index contributed by atoms with van der Waals surface area (Å²) in [4.78, 5) is 21.0. The first-order valence-electron chi connectivity index (χ1n) is 3.70. The number of nitrogens with two attached hydrogens (primary N) is 1. The van der Waals surface area contributed by atoms with Crippen LogP contribution in [0.1, 0.15) is 13.8 Å². The van der Waals surface area contributed by atoms with Crippen LogP contribution in [-0.4, -0.2) is 29.6 Å². The topological polar surface area (TPSA) is 92.4 Å². The fourth-order valence-electron chi connectivity index (χ4n) is 0.583. The van der Waals surface area contributed by atoms with Crippen molar-refractivity contribution in [2.75, 3.05) is 6.54 Å². The van der Waals surface area contributed by atoms with Gasteiger partial charge in [0, 0.05) is 0 Å². The van der Waals surface area contributed by atoms with Crippen LogP contribution in [0.5, 0.6) is 0 Å². The van der Waals surface area contributed by atoms with Crippen molar-refractivity contribution >= 4 is 24.3 Å². The van der Waals surface area contributed by atoms with Crippen LogP contribution >= 0.6 is 12.4 Å². The predicted molar refractivity (Wildman–Crippen MR) is 50.7 cm³/mol. The highest BCUT2D eigenvalue weighted by molar-refractivity contribution is 5.85. The maximum atomic E-state index is 11.0. The van der Waals surface area contributed by atoms with E-state index in [0.29, 0.717) is 0 Å². The van der Waals surface area contributed by atoms with Crippen molar-refractivity contribution in [1.82, 2.24) is 5.32 Å². The lowest BCUT2D eigenvalue weighted by atomic mass is 10.1. The van der Waals surface area contributed by atoms with Crippen LogP contribution in [0.2, 0.25) is 0 Å². The van der Waals surface area contributed by atoms with Crippen molar-refractivity contribution in [2.24, 2.45) is 11.7 Å². The van der Waals surface area contributed by atoms with Crippen LogP contribution in [0.4, 0.5) is 0 Å². The summed E-state index contributed by atoms with van der Waals surface area (Å²) in [7, 11) is 0. The first-order chi connectivity index (χ1) is 5.45. The second-order valence-corrected chi connectivity index (χ2v) is 2.88. The van der Waals surface area contributed by atoms with Gasteiger partial charge in [-0.05, 0) is 5.92 Å². The van der Waals surface area contributed by atoms with E-state index in [0.717, 1.165) is 0 Å². The van der Waals surface area contributed by atoms with Gasteiger partial charge in [0.15, 0.2) is 0 Å². The number of aliphatic carboxylic acids is 1. The summed E-state index contributed by atoms with van der Waals surface area (Å²) < 4.78 is 0. The van der Waals surface area contributed by atoms with Gasteiger partial charge in [0.25, 0.3) is 0 Å². The van der Waals surface area contributed by atoms with E-state index in [1.807, 2.05) is 0 Å². The van der Waals surface area contributed by atoms with Crippen LogP contribution in [0.25, 0.3) is 0 Å². The van der Waals surface area contributed by atoms with Gasteiger partial charge < -0.3 is 16.2 Å². The second-order valence-electron chi connectivity index (χ2n) is 2.88. The van der Waals surface area contributed by atoms with E-state index < -0.39 is 17.9 Å². The molecule has 0 aromatic rings. The van der Waals surface area contributed by atoms with Gasteiger partial charge in [0.2, 0.25) is 5.91 Å². The van der Waals surface area contributed by atoms with Crippen LogP contribution in [0, 0.1) is 5.92 Å². The number of hydrogen-bond donors (Lipinski definition) is 3. The molecule has 0 fully saturated rings. The molecule has 0 heterocycles. The molecule has 0 rings (SSSR count). The molecule has 0 aromatic carbocycles. The molecule has 78 valence electrons. The Bertz CT molecular complexity index is 185. The van der Waals surface area contributed by atoms with Gasteiger partial charge in [0.05, 0.1) is 6.04 Å². The lowest BCUT2D eigenvalue weighted by Gasteiger charge is -2.13. The van der Waals surface area contributed by atoms with Crippen LogP contribution in [0.15, 0.2) is 0 Å². The Balaban J connectivity index is 0. The molecular weight excluding hydrogens is 196 g/mol. The maximum absolute atomic E-state index is 11.0. The first kappa shape index (κ1) is 14.7. The molecule has 0 aliphatic rings. The van der Waals surface area contributed by atoms with Crippen LogP contribution in [0.3, 0.4) is 0 Å². The highest BCUT2D eigenvalue weighted by Crippen LogP contribution is 1.96. The third kappa shape index (κ3) is 6.36. The molecule has 0 saturated heterocycles. The molecule has 6 heteroatoms. The van der Waals surface area contributed by atoms with Gasteiger partial charge >= 0.3 is 5.97 Å². The Kier molecular flexibility index (Phi) is 7.55. The number of amides is 1. The molecule has 0 bridgehead atoms. The summed E-state index contributed by atoms with van der Waals surface area (Å²) in [6.07, 6.45) is 0. The van der Waals surface area contributed by atoms with Gasteiger partial charge in [-0.2, -0.15) is 0 Å². The average molecular weight is 211 g/mol. The van der Waals surface area contributed by atoms with Crippen molar-refractivity contribution < 1.29 is 14.7 Å². The van der Waals surface area contributed by atoms with Gasteiger partial charge in [-0.3, -0.25) is 9.59 Å². The molecule has 4 N–H and O–H groups in total. The minimum Gasteiger partial charge on any atom is -0.480 e. The summed E-state index contributed by atoms with van der Waals surface area (Å²) in [6, 6.07) is -0.635. The minimum absolute atomic E-state index is 0. The predicted octanol–water partition coefficient (Wildman–Crippen LogP) is -0.408. The monoisotopic (exact) mass is 210 g/mol. The summed E-state index contributed by atoms with van der Waals surface area (Å²) in [5.74, 6) is -1.48. The molecule has 0 spiro atoms. The molecule has 1 unspecified atom stereocenters. The second kappa shape index (κ2) is 6.68. The Morgan fingerprint density at radius 2 is 1.92 bits per heavy atom. The first-order valence-corrected chi connectivity index (χ1v) is 3.70. The number of halogens is 1. The molecular formula is C7H15ClN2O3. The summed E-state index contributed by atoms with van der Waals surface area (Å²) in [6.45, 7) is 3.22. The van der Waals surface area contributed by atoms with Crippen molar-refractivity contribution in [3.63, 3.8) is 0 Å². The van der Waals surface area contributed by atoms with E-state index in [2.05, 4.69) is 5.32 Å². The molecule has 0 aliphatic heterocycles. The highest BCUT2D eigenvalue weighted by Gasteiger charge is 2.16. The zero-order chi connectivity index (χ0) is 9.72. The Morgan fingerprint density at radius 3 is 2.23 bits per heavy atom. The number of hydrogen-bond acceptors (Lipinski definition) is 3. The third-order valence-corrected chi connectivity index (χ3v) is 1.43. The molecule has 0 saturated carbocycles. The van der Waals surface area contributed by atoms with Crippen molar-refractivity contribution in [3.05, 3.63) is 0 Å². The lowest BCUT2D eigenvalue weighted by molar-refractivity contribution is -0.138. The summed E-state index contributed by atoms with van der Waals surface area (Å²) in [5, 5.41) is 10.4. The maximum Gasteiger partial charge on any atom is 0.322 e. The fraction of sp³-hybridized carbons (Fsp3) is 0.714. The largest absolute Gasteiger partial charge is 0.480 e. The minimum atomic E-state index is -1.07. The Labute approximate surface area is 83.1 Å². The highest BCUT2D eigenvalue weighted by atomic mass is 35.5. The van der Waals surface area contributed by atoms with E-state index in [1.165, 1.54) is 0 Å². The standard InChI is InChI=1S/C7H14N2O3.ClH/c1-4(2)6(8)7(12)9-3-5(10)11;/h4,6H,3,8H2,1-2H3,(H,9,12)(H,10,11);1H. The molecule has 13 heavy (non-hydrogen) atoms. The van der Waals surface area contributed by atoms with Crippen molar-refractivity contribution in [3.8, 4) is 0 Å². The van der Waals surface area contributed by atoms with E-state index in [1.54, 1.807) is 13.8 Å². The summed E-state index contributed by atoms with van der Waals surface area (Å²) in [5.41, 5.74) is 5.44. The van der Waals surface area contributed by atoms with Gasteiger partial charge in [-0.15, -0.1) is 12.4 Å². The smallest absolute Gasteiger partial charge is 0.322 e. The number of carboxylic acid groups (broad SMARTS) is 1. The number of carbonyl (C=O) groups excluding carboxylic acids is 1. The Hall–Kier alpha value is -0.810. The quantitative estimate of drug-likeness (QED) is 0.588. The van der Waals surface area contributed by atoms with Crippen molar-refractivity contribution in [1.29, 1.82) is 0 Å². The Morgan fingerprint density at radius 1 is 1.46 bits per heavy atom. The number of nitrogens with one attached hydrogen (secondary N) is 1. The normalized spacial score (nSPS) is 11.7. The van der Waals surface area contributed by atoms with E-state index in [9.17, 15) is 9.59 Å². The number of rotatable bonds is 4. The van der Waals surface area contributed by atoms with E-state index in [-0.39, 0.29) is 24.9 Å². The molecule has 0 radical (unpaired) electrons. The lowest BCUT2D eigenvalue weighted by Crippen LogP contribution is -2.45. The van der Waals surface area contributed by atoms with Gasteiger partial charge in [0.1, 0.15) is 6.54 Å². The molecule has 1 amide bonds.